The number of thiophene rings is 1. The highest BCUT2D eigenvalue weighted by atomic mass is 32.1. The van der Waals surface area contributed by atoms with Crippen molar-refractivity contribution in [2.75, 3.05) is 31.1 Å². The minimum atomic E-state index is -0.210. The van der Waals surface area contributed by atoms with Crippen LogP contribution in [0.25, 0.3) is 10.2 Å². The molecule has 3 heterocycles. The molecule has 152 valence electrons. The Morgan fingerprint density at radius 1 is 1.11 bits per heavy atom. The first-order valence-corrected chi connectivity index (χ1v) is 11.3. The van der Waals surface area contributed by atoms with Crippen LogP contribution in [0, 0.1) is 0 Å². The predicted octanol–water partition coefficient (Wildman–Crippen LogP) is 3.76. The van der Waals surface area contributed by atoms with E-state index in [2.05, 4.69) is 17.1 Å². The number of anilines is 1. The highest BCUT2D eigenvalue weighted by Crippen LogP contribution is 2.40. The molecule has 0 saturated carbocycles. The van der Waals surface area contributed by atoms with E-state index in [1.807, 2.05) is 37.0 Å². The number of hydrogen-bond acceptors (Lipinski definition) is 5. The second-order valence-electron chi connectivity index (χ2n) is 8.86. The summed E-state index contributed by atoms with van der Waals surface area (Å²) in [4.78, 5) is 29.2. The van der Waals surface area contributed by atoms with Crippen LogP contribution < -0.4 is 10.2 Å². The van der Waals surface area contributed by atoms with Gasteiger partial charge < -0.3 is 15.1 Å². The van der Waals surface area contributed by atoms with Crippen molar-refractivity contribution >= 4 is 33.4 Å². The summed E-state index contributed by atoms with van der Waals surface area (Å²) < 4.78 is 0. The van der Waals surface area contributed by atoms with Crippen LogP contribution in [-0.4, -0.2) is 52.6 Å². The van der Waals surface area contributed by atoms with E-state index in [1.54, 1.807) is 0 Å². The van der Waals surface area contributed by atoms with E-state index in [9.17, 15) is 4.79 Å². The van der Waals surface area contributed by atoms with Gasteiger partial charge in [-0.1, -0.05) is 6.92 Å². The largest absolute Gasteiger partial charge is 0.352 e. The third kappa shape index (κ3) is 3.81. The number of carbonyl (C=O) groups excluding carboxylic acids is 1. The fourth-order valence-electron chi connectivity index (χ4n) is 4.09. The van der Waals surface area contributed by atoms with Gasteiger partial charge in [0.25, 0.3) is 0 Å². The predicted molar refractivity (Wildman–Crippen MR) is 116 cm³/mol. The Balaban J connectivity index is 1.59. The zero-order valence-electron chi connectivity index (χ0n) is 17.5. The highest BCUT2D eigenvalue weighted by molar-refractivity contribution is 7.19. The Morgan fingerprint density at radius 3 is 2.50 bits per heavy atom. The van der Waals surface area contributed by atoms with Crippen molar-refractivity contribution in [1.29, 1.82) is 0 Å². The molecule has 0 unspecified atom stereocenters. The molecule has 7 heteroatoms. The number of amides is 2. The molecule has 28 heavy (non-hydrogen) atoms. The molecular weight excluding hydrogens is 370 g/mol. The van der Waals surface area contributed by atoms with Gasteiger partial charge in [-0.05, 0) is 52.0 Å². The maximum absolute atomic E-state index is 12.5. The maximum Gasteiger partial charge on any atom is 0.317 e. The first-order chi connectivity index (χ1) is 13.4. The summed E-state index contributed by atoms with van der Waals surface area (Å²) in [6.07, 6.45) is 5.71. The Morgan fingerprint density at radius 2 is 1.82 bits per heavy atom. The Bertz CT molecular complexity index is 877. The van der Waals surface area contributed by atoms with Crippen molar-refractivity contribution in [3.63, 3.8) is 0 Å². The standard InChI is InChI=1S/C21H31N5OS/c1-5-16-22-18(17-14-8-6-7-9-15(14)28-19(17)23-16)25-10-12-26(13-11-25)20(27)24-21(2,3)4/h5-13H2,1-4H3,(H,24,27). The van der Waals surface area contributed by atoms with Crippen molar-refractivity contribution in [3.8, 4) is 0 Å². The lowest BCUT2D eigenvalue weighted by atomic mass is 9.97. The van der Waals surface area contributed by atoms with Crippen molar-refractivity contribution in [2.24, 2.45) is 0 Å². The van der Waals surface area contributed by atoms with Gasteiger partial charge in [-0.3, -0.25) is 0 Å². The monoisotopic (exact) mass is 401 g/mol. The van der Waals surface area contributed by atoms with Crippen molar-refractivity contribution < 1.29 is 4.79 Å². The number of fused-ring (bicyclic) bond motifs is 3. The average Bonchev–Trinajstić information content (AvgIpc) is 3.04. The Labute approximate surface area is 171 Å². The second kappa shape index (κ2) is 7.50. The van der Waals surface area contributed by atoms with Gasteiger partial charge >= 0.3 is 6.03 Å². The topological polar surface area (TPSA) is 61.4 Å². The molecule has 2 amide bonds. The molecule has 1 aliphatic carbocycles. The SMILES string of the molecule is CCc1nc(N2CCN(C(=O)NC(C)(C)C)CC2)c2c3c(sc2n1)CCCC3. The van der Waals surface area contributed by atoms with Crippen LogP contribution in [-0.2, 0) is 19.3 Å². The van der Waals surface area contributed by atoms with Gasteiger partial charge in [0.05, 0.1) is 5.39 Å². The molecule has 0 atom stereocenters. The summed E-state index contributed by atoms with van der Waals surface area (Å²) in [5.41, 5.74) is 1.27. The minimum absolute atomic E-state index is 0.0298. The normalized spacial score (nSPS) is 17.7. The molecule has 2 aliphatic rings. The van der Waals surface area contributed by atoms with E-state index < -0.39 is 0 Å². The van der Waals surface area contributed by atoms with Gasteiger partial charge in [-0.2, -0.15) is 0 Å². The molecule has 0 bridgehead atoms. The van der Waals surface area contributed by atoms with Gasteiger partial charge in [-0.15, -0.1) is 11.3 Å². The molecular formula is C21H31N5OS. The molecule has 6 nitrogen and oxygen atoms in total. The smallest absolute Gasteiger partial charge is 0.317 e. The molecule has 0 spiro atoms. The maximum atomic E-state index is 12.5. The number of aryl methyl sites for hydroxylation is 3. The number of carbonyl (C=O) groups is 1. The first kappa shape index (κ1) is 19.4. The van der Waals surface area contributed by atoms with Gasteiger partial charge in [0, 0.05) is 43.0 Å². The fourth-order valence-corrected chi connectivity index (χ4v) is 5.36. The minimum Gasteiger partial charge on any atom is -0.352 e. The van der Waals surface area contributed by atoms with Crippen LogP contribution in [0.4, 0.5) is 10.6 Å². The Hall–Kier alpha value is -1.89. The summed E-state index contributed by atoms with van der Waals surface area (Å²) in [6.45, 7) is 11.3. The van der Waals surface area contributed by atoms with Gasteiger partial charge in [0.1, 0.15) is 16.5 Å². The van der Waals surface area contributed by atoms with Crippen LogP contribution in [0.2, 0.25) is 0 Å². The lowest BCUT2D eigenvalue weighted by Crippen LogP contribution is -2.55. The summed E-state index contributed by atoms with van der Waals surface area (Å²) in [5.74, 6) is 2.02. The van der Waals surface area contributed by atoms with Gasteiger partial charge in [0.15, 0.2) is 0 Å². The van der Waals surface area contributed by atoms with E-state index in [0.29, 0.717) is 0 Å². The third-order valence-corrected chi connectivity index (χ3v) is 6.69. The number of aromatic nitrogens is 2. The summed E-state index contributed by atoms with van der Waals surface area (Å²) >= 11 is 1.87. The molecule has 4 rings (SSSR count). The summed E-state index contributed by atoms with van der Waals surface area (Å²) in [7, 11) is 0. The second-order valence-corrected chi connectivity index (χ2v) is 9.95. The summed E-state index contributed by atoms with van der Waals surface area (Å²) in [6, 6.07) is 0.0298. The van der Waals surface area contributed by atoms with Crippen molar-refractivity contribution in [1.82, 2.24) is 20.2 Å². The molecule has 1 fully saturated rings. The van der Waals surface area contributed by atoms with Crippen LogP contribution >= 0.6 is 11.3 Å². The molecule has 0 radical (unpaired) electrons. The van der Waals surface area contributed by atoms with Gasteiger partial charge in [-0.25, -0.2) is 14.8 Å². The highest BCUT2D eigenvalue weighted by Gasteiger charge is 2.28. The van der Waals surface area contributed by atoms with Crippen LogP contribution in [0.15, 0.2) is 0 Å². The molecule has 1 saturated heterocycles. The summed E-state index contributed by atoms with van der Waals surface area (Å²) in [5, 5.41) is 4.35. The van der Waals surface area contributed by atoms with Crippen LogP contribution in [0.1, 0.15) is 56.8 Å². The number of rotatable bonds is 2. The molecule has 2 aromatic heterocycles. The van der Waals surface area contributed by atoms with Crippen LogP contribution in [0.5, 0.6) is 0 Å². The lowest BCUT2D eigenvalue weighted by molar-refractivity contribution is 0.185. The molecule has 1 aliphatic heterocycles. The fraction of sp³-hybridized carbons (Fsp3) is 0.667. The van der Waals surface area contributed by atoms with Crippen molar-refractivity contribution in [2.45, 2.75) is 65.3 Å². The van der Waals surface area contributed by atoms with Crippen LogP contribution in [0.3, 0.4) is 0 Å². The molecule has 2 aromatic rings. The zero-order valence-corrected chi connectivity index (χ0v) is 18.3. The molecule has 0 aromatic carbocycles. The lowest BCUT2D eigenvalue weighted by Gasteiger charge is -2.37. The first-order valence-electron chi connectivity index (χ1n) is 10.5. The van der Waals surface area contributed by atoms with E-state index in [4.69, 9.17) is 9.97 Å². The number of nitrogens with one attached hydrogen (secondary N) is 1. The number of hydrogen-bond donors (Lipinski definition) is 1. The number of piperazine rings is 1. The van der Waals surface area contributed by atoms with Crippen molar-refractivity contribution in [3.05, 3.63) is 16.3 Å². The number of urea groups is 1. The molecule has 1 N–H and O–H groups in total. The van der Waals surface area contributed by atoms with E-state index in [0.717, 1.165) is 55.5 Å². The zero-order chi connectivity index (χ0) is 19.9. The quantitative estimate of drug-likeness (QED) is 0.832. The van der Waals surface area contributed by atoms with E-state index in [1.165, 1.54) is 35.1 Å². The number of nitrogens with zero attached hydrogens (tertiary/aromatic N) is 4. The van der Waals surface area contributed by atoms with E-state index in [-0.39, 0.29) is 11.6 Å². The van der Waals surface area contributed by atoms with Gasteiger partial charge in [0.2, 0.25) is 0 Å². The Kier molecular flexibility index (Phi) is 5.21. The third-order valence-electron chi connectivity index (χ3n) is 5.51. The van der Waals surface area contributed by atoms with E-state index >= 15 is 0 Å². The average molecular weight is 402 g/mol.